The lowest BCUT2D eigenvalue weighted by Crippen LogP contribution is -1.92. The molecule has 1 aromatic rings. The second-order valence-corrected chi connectivity index (χ2v) is 4.05. The van der Waals surface area contributed by atoms with E-state index in [1.54, 1.807) is 6.07 Å². The number of carbonyl (C=O) groups excluding carboxylic acids is 2. The minimum atomic E-state index is 0.593. The van der Waals surface area contributed by atoms with Gasteiger partial charge >= 0.3 is 0 Å². The lowest BCUT2D eigenvalue weighted by molar-refractivity contribution is 0.112. The molecule has 1 aromatic carbocycles. The molecule has 0 unspecified atom stereocenters. The van der Waals surface area contributed by atoms with Crippen LogP contribution in [0.5, 0.6) is 0 Å². The maximum Gasteiger partial charge on any atom is 0.150 e. The Morgan fingerprint density at radius 1 is 0.938 bits per heavy atom. The fraction of sp³-hybridized carbons (Fsp3) is 0.429. The Kier molecular flexibility index (Phi) is 5.48. The molecule has 0 bridgehead atoms. The van der Waals surface area contributed by atoms with E-state index in [-0.39, 0.29) is 0 Å². The van der Waals surface area contributed by atoms with Gasteiger partial charge in [-0.15, -0.1) is 0 Å². The van der Waals surface area contributed by atoms with Gasteiger partial charge in [0.05, 0.1) is 0 Å². The van der Waals surface area contributed by atoms with E-state index in [0.717, 1.165) is 31.0 Å². The van der Waals surface area contributed by atoms with Crippen LogP contribution in [0.1, 0.15) is 58.9 Å². The van der Waals surface area contributed by atoms with Gasteiger partial charge in [0, 0.05) is 11.1 Å². The summed E-state index contributed by atoms with van der Waals surface area (Å²) in [5.74, 6) is 0. The number of aldehydes is 2. The highest BCUT2D eigenvalue weighted by atomic mass is 16.1. The van der Waals surface area contributed by atoms with Gasteiger partial charge in [0.1, 0.15) is 12.6 Å². The van der Waals surface area contributed by atoms with E-state index in [9.17, 15) is 9.59 Å². The van der Waals surface area contributed by atoms with Gasteiger partial charge in [-0.25, -0.2) is 0 Å². The molecular weight excluding hydrogens is 200 g/mol. The highest BCUT2D eigenvalue weighted by Gasteiger charge is 2.00. The second-order valence-electron chi connectivity index (χ2n) is 4.05. The van der Waals surface area contributed by atoms with Crippen LogP contribution in [0, 0.1) is 0 Å². The SMILES string of the molecule is CCCCCCc1cc(C=O)cc(C=O)c1. The highest BCUT2D eigenvalue weighted by molar-refractivity contribution is 5.82. The third kappa shape index (κ3) is 3.97. The second kappa shape index (κ2) is 6.94. The number of carbonyl (C=O) groups is 2. The molecule has 0 saturated carbocycles. The zero-order valence-electron chi connectivity index (χ0n) is 9.74. The predicted octanol–water partition coefficient (Wildman–Crippen LogP) is 3.43. The Hall–Kier alpha value is -1.44. The maximum atomic E-state index is 10.7. The molecule has 16 heavy (non-hydrogen) atoms. The summed E-state index contributed by atoms with van der Waals surface area (Å²) in [6.07, 6.45) is 7.32. The minimum Gasteiger partial charge on any atom is -0.298 e. The van der Waals surface area contributed by atoms with Crippen molar-refractivity contribution in [2.75, 3.05) is 0 Å². The van der Waals surface area contributed by atoms with Crippen LogP contribution in [-0.2, 0) is 6.42 Å². The van der Waals surface area contributed by atoms with Crippen LogP contribution in [0.2, 0.25) is 0 Å². The molecule has 86 valence electrons. The lowest BCUT2D eigenvalue weighted by Gasteiger charge is -2.03. The van der Waals surface area contributed by atoms with Crippen molar-refractivity contribution in [1.29, 1.82) is 0 Å². The average molecular weight is 218 g/mol. The van der Waals surface area contributed by atoms with Crippen LogP contribution >= 0.6 is 0 Å². The van der Waals surface area contributed by atoms with Crippen molar-refractivity contribution in [3.8, 4) is 0 Å². The molecule has 0 amide bonds. The van der Waals surface area contributed by atoms with Gasteiger partial charge in [-0.2, -0.15) is 0 Å². The zero-order chi connectivity index (χ0) is 11.8. The van der Waals surface area contributed by atoms with Gasteiger partial charge in [0.15, 0.2) is 0 Å². The van der Waals surface area contributed by atoms with Crippen molar-refractivity contribution in [2.24, 2.45) is 0 Å². The van der Waals surface area contributed by atoms with Gasteiger partial charge in [0.2, 0.25) is 0 Å². The summed E-state index contributed by atoms with van der Waals surface area (Å²) in [5.41, 5.74) is 2.27. The van der Waals surface area contributed by atoms with E-state index in [1.807, 2.05) is 12.1 Å². The average Bonchev–Trinajstić information content (AvgIpc) is 2.34. The molecule has 0 atom stereocenters. The highest BCUT2D eigenvalue weighted by Crippen LogP contribution is 2.12. The molecule has 0 aliphatic heterocycles. The quantitative estimate of drug-likeness (QED) is 0.519. The number of rotatable bonds is 7. The molecule has 2 nitrogen and oxygen atoms in total. The van der Waals surface area contributed by atoms with Crippen molar-refractivity contribution < 1.29 is 9.59 Å². The Bertz CT molecular complexity index is 330. The molecule has 0 radical (unpaired) electrons. The fourth-order valence-electron chi connectivity index (χ4n) is 1.78. The standard InChI is InChI=1S/C14H18O2/c1-2-3-4-5-6-12-7-13(10-15)9-14(8-12)11-16/h7-11H,2-6H2,1H3. The summed E-state index contributed by atoms with van der Waals surface area (Å²) >= 11 is 0. The van der Waals surface area contributed by atoms with Crippen molar-refractivity contribution in [3.05, 3.63) is 34.9 Å². The van der Waals surface area contributed by atoms with Gasteiger partial charge in [0.25, 0.3) is 0 Å². The largest absolute Gasteiger partial charge is 0.298 e. The van der Waals surface area contributed by atoms with Crippen LogP contribution in [0.25, 0.3) is 0 Å². The Labute approximate surface area is 96.7 Å². The van der Waals surface area contributed by atoms with E-state index in [1.165, 1.54) is 19.3 Å². The number of benzene rings is 1. The molecule has 1 rings (SSSR count). The first-order chi connectivity index (χ1) is 7.80. The number of hydrogen-bond acceptors (Lipinski definition) is 2. The van der Waals surface area contributed by atoms with Gasteiger partial charge in [-0.3, -0.25) is 9.59 Å². The first-order valence-electron chi connectivity index (χ1n) is 5.84. The Morgan fingerprint density at radius 3 is 2.06 bits per heavy atom. The van der Waals surface area contributed by atoms with Crippen molar-refractivity contribution in [2.45, 2.75) is 39.0 Å². The van der Waals surface area contributed by atoms with Crippen molar-refractivity contribution >= 4 is 12.6 Å². The Morgan fingerprint density at radius 2 is 1.56 bits per heavy atom. The van der Waals surface area contributed by atoms with Crippen LogP contribution in [0.15, 0.2) is 18.2 Å². The van der Waals surface area contributed by atoms with Crippen LogP contribution in [0.4, 0.5) is 0 Å². The van der Waals surface area contributed by atoms with Crippen LogP contribution in [0.3, 0.4) is 0 Å². The molecule has 0 aliphatic rings. The van der Waals surface area contributed by atoms with E-state index >= 15 is 0 Å². The molecule has 0 N–H and O–H groups in total. The maximum absolute atomic E-state index is 10.7. The summed E-state index contributed by atoms with van der Waals surface area (Å²) in [6, 6.07) is 5.35. The van der Waals surface area contributed by atoms with E-state index in [0.29, 0.717) is 11.1 Å². The van der Waals surface area contributed by atoms with E-state index < -0.39 is 0 Å². The first kappa shape index (κ1) is 12.6. The third-order valence-corrected chi connectivity index (χ3v) is 2.63. The Balaban J connectivity index is 2.64. The number of unbranched alkanes of at least 4 members (excludes halogenated alkanes) is 3. The first-order valence-corrected chi connectivity index (χ1v) is 5.84. The number of hydrogen-bond donors (Lipinski definition) is 0. The molecule has 0 spiro atoms. The zero-order valence-corrected chi connectivity index (χ0v) is 9.74. The van der Waals surface area contributed by atoms with Crippen LogP contribution < -0.4 is 0 Å². The molecule has 0 aliphatic carbocycles. The van der Waals surface area contributed by atoms with E-state index in [4.69, 9.17) is 0 Å². The molecular formula is C14H18O2. The topological polar surface area (TPSA) is 34.1 Å². The van der Waals surface area contributed by atoms with Crippen molar-refractivity contribution in [3.63, 3.8) is 0 Å². The van der Waals surface area contributed by atoms with Crippen molar-refractivity contribution in [1.82, 2.24) is 0 Å². The summed E-state index contributed by atoms with van der Waals surface area (Å²) in [5, 5.41) is 0. The fourth-order valence-corrected chi connectivity index (χ4v) is 1.78. The van der Waals surface area contributed by atoms with E-state index in [2.05, 4.69) is 6.92 Å². The summed E-state index contributed by atoms with van der Waals surface area (Å²) in [7, 11) is 0. The minimum absolute atomic E-state index is 0.593. The smallest absolute Gasteiger partial charge is 0.150 e. The van der Waals surface area contributed by atoms with Crippen LogP contribution in [-0.4, -0.2) is 12.6 Å². The normalized spacial score (nSPS) is 10.1. The van der Waals surface area contributed by atoms with Gasteiger partial charge < -0.3 is 0 Å². The molecule has 0 heterocycles. The molecule has 0 saturated heterocycles. The number of aryl methyl sites for hydroxylation is 1. The molecule has 0 fully saturated rings. The summed E-state index contributed by atoms with van der Waals surface area (Å²) in [4.78, 5) is 21.4. The lowest BCUT2D eigenvalue weighted by atomic mass is 10.0. The predicted molar refractivity (Wildman–Crippen MR) is 65.1 cm³/mol. The molecule has 2 heteroatoms. The van der Waals surface area contributed by atoms with Gasteiger partial charge in [-0.05, 0) is 36.6 Å². The monoisotopic (exact) mass is 218 g/mol. The third-order valence-electron chi connectivity index (χ3n) is 2.63. The summed E-state index contributed by atoms with van der Waals surface area (Å²) < 4.78 is 0. The van der Waals surface area contributed by atoms with Gasteiger partial charge in [-0.1, -0.05) is 26.2 Å². The summed E-state index contributed by atoms with van der Waals surface area (Å²) in [6.45, 7) is 2.18. The molecule has 0 aromatic heterocycles.